The summed E-state index contributed by atoms with van der Waals surface area (Å²) < 4.78 is 39.5. The smallest absolute Gasteiger partial charge is 0.320 e. The summed E-state index contributed by atoms with van der Waals surface area (Å²) in [6, 6.07) is 12.0. The molecule has 0 aliphatic carbocycles. The van der Waals surface area contributed by atoms with E-state index in [4.69, 9.17) is 5.73 Å². The van der Waals surface area contributed by atoms with E-state index in [2.05, 4.69) is 15.9 Å². The fourth-order valence-corrected chi connectivity index (χ4v) is 2.25. The molecule has 0 heterocycles. The van der Waals surface area contributed by atoms with Crippen molar-refractivity contribution in [3.8, 4) is 0 Å². The molecule has 0 saturated heterocycles. The van der Waals surface area contributed by atoms with Gasteiger partial charge in [0, 0.05) is 4.47 Å². The number of rotatable bonds is 2. The Morgan fingerprint density at radius 3 is 2.21 bits per heavy atom. The summed E-state index contributed by atoms with van der Waals surface area (Å²) in [5, 5.41) is 0. The highest BCUT2D eigenvalue weighted by atomic mass is 79.9. The fourth-order valence-electron chi connectivity index (χ4n) is 1.89. The van der Waals surface area contributed by atoms with Gasteiger partial charge < -0.3 is 5.73 Å². The first kappa shape index (κ1) is 14.1. The molecule has 2 aromatic rings. The number of hydrogen-bond acceptors (Lipinski definition) is 1. The van der Waals surface area contributed by atoms with Crippen LogP contribution in [0.1, 0.15) is 22.7 Å². The highest BCUT2D eigenvalue weighted by molar-refractivity contribution is 9.10. The fraction of sp³-hybridized carbons (Fsp3) is 0.143. The lowest BCUT2D eigenvalue weighted by molar-refractivity contribution is -0.138. The monoisotopic (exact) mass is 329 g/mol. The van der Waals surface area contributed by atoms with Crippen LogP contribution in [-0.4, -0.2) is 0 Å². The third-order valence-corrected chi connectivity index (χ3v) is 3.31. The maximum atomic E-state index is 13.0. The highest BCUT2D eigenvalue weighted by Gasteiger charge is 2.35. The van der Waals surface area contributed by atoms with E-state index in [-0.39, 0.29) is 5.56 Å². The van der Waals surface area contributed by atoms with E-state index in [1.807, 2.05) is 0 Å². The van der Waals surface area contributed by atoms with E-state index in [0.29, 0.717) is 10.0 Å². The number of halogens is 4. The molecule has 2 rings (SSSR count). The van der Waals surface area contributed by atoms with Gasteiger partial charge >= 0.3 is 6.18 Å². The Labute approximate surface area is 117 Å². The minimum atomic E-state index is -4.43. The molecule has 2 N–H and O–H groups in total. The van der Waals surface area contributed by atoms with Crippen LogP contribution in [0.2, 0.25) is 0 Å². The topological polar surface area (TPSA) is 26.0 Å². The van der Waals surface area contributed by atoms with Crippen molar-refractivity contribution in [2.45, 2.75) is 12.2 Å². The van der Waals surface area contributed by atoms with Crippen molar-refractivity contribution in [3.05, 3.63) is 69.7 Å². The Hall–Kier alpha value is -1.33. The molecular weight excluding hydrogens is 319 g/mol. The zero-order valence-electron chi connectivity index (χ0n) is 9.79. The molecule has 19 heavy (non-hydrogen) atoms. The summed E-state index contributed by atoms with van der Waals surface area (Å²) >= 11 is 3.05. The quantitative estimate of drug-likeness (QED) is 0.861. The summed E-state index contributed by atoms with van der Waals surface area (Å²) in [5.74, 6) is 0. The predicted molar refractivity (Wildman–Crippen MR) is 71.6 cm³/mol. The maximum absolute atomic E-state index is 13.0. The van der Waals surface area contributed by atoms with Gasteiger partial charge in [0.2, 0.25) is 0 Å². The van der Waals surface area contributed by atoms with E-state index in [9.17, 15) is 13.2 Å². The number of nitrogens with two attached hydrogens (primary N) is 1. The Balaban J connectivity index is 2.51. The number of alkyl halides is 3. The molecule has 5 heteroatoms. The molecule has 0 radical (unpaired) electrons. The van der Waals surface area contributed by atoms with Gasteiger partial charge in [-0.15, -0.1) is 0 Å². The Kier molecular flexibility index (Phi) is 3.96. The van der Waals surface area contributed by atoms with E-state index in [1.165, 1.54) is 6.07 Å². The summed E-state index contributed by atoms with van der Waals surface area (Å²) in [4.78, 5) is 0. The summed E-state index contributed by atoms with van der Waals surface area (Å²) in [5.41, 5.74) is 5.96. The predicted octanol–water partition coefficient (Wildman–Crippen LogP) is 4.52. The summed E-state index contributed by atoms with van der Waals surface area (Å²) in [6.45, 7) is 0. The molecule has 0 aliphatic rings. The molecule has 100 valence electrons. The Bertz CT molecular complexity index is 567. The first-order valence-corrected chi connectivity index (χ1v) is 6.36. The summed E-state index contributed by atoms with van der Waals surface area (Å²) in [7, 11) is 0. The van der Waals surface area contributed by atoms with Crippen LogP contribution in [0.4, 0.5) is 13.2 Å². The Morgan fingerprint density at radius 1 is 1.00 bits per heavy atom. The number of benzene rings is 2. The SMILES string of the molecule is NC(c1ccccc1)c1ccc(Br)cc1C(F)(F)F. The average molecular weight is 330 g/mol. The lowest BCUT2D eigenvalue weighted by atomic mass is 9.95. The maximum Gasteiger partial charge on any atom is 0.416 e. The van der Waals surface area contributed by atoms with Gasteiger partial charge in [-0.05, 0) is 23.3 Å². The minimum absolute atomic E-state index is 0.0712. The largest absolute Gasteiger partial charge is 0.416 e. The summed E-state index contributed by atoms with van der Waals surface area (Å²) in [6.07, 6.45) is -4.43. The molecule has 0 aromatic heterocycles. The van der Waals surface area contributed by atoms with Crippen molar-refractivity contribution in [1.82, 2.24) is 0 Å². The molecule has 0 bridgehead atoms. The van der Waals surface area contributed by atoms with Gasteiger partial charge in [0.15, 0.2) is 0 Å². The highest BCUT2D eigenvalue weighted by Crippen LogP contribution is 2.37. The van der Waals surface area contributed by atoms with Crippen molar-refractivity contribution in [1.29, 1.82) is 0 Å². The van der Waals surface area contributed by atoms with Gasteiger partial charge in [0.25, 0.3) is 0 Å². The van der Waals surface area contributed by atoms with Gasteiger partial charge in [-0.2, -0.15) is 13.2 Å². The van der Waals surface area contributed by atoms with Crippen LogP contribution in [0, 0.1) is 0 Å². The van der Waals surface area contributed by atoms with Crippen LogP contribution in [0.15, 0.2) is 53.0 Å². The van der Waals surface area contributed by atoms with E-state index < -0.39 is 17.8 Å². The second-order valence-electron chi connectivity index (χ2n) is 4.12. The first-order valence-electron chi connectivity index (χ1n) is 5.57. The van der Waals surface area contributed by atoms with Crippen molar-refractivity contribution in [3.63, 3.8) is 0 Å². The van der Waals surface area contributed by atoms with Crippen molar-refractivity contribution >= 4 is 15.9 Å². The lowest BCUT2D eigenvalue weighted by Crippen LogP contribution is -2.18. The molecule has 1 nitrogen and oxygen atoms in total. The molecule has 0 saturated carbocycles. The van der Waals surface area contributed by atoms with Gasteiger partial charge in [0.1, 0.15) is 0 Å². The van der Waals surface area contributed by atoms with Gasteiger partial charge in [-0.1, -0.05) is 52.3 Å². The molecular formula is C14H11BrF3N. The number of hydrogen-bond donors (Lipinski definition) is 1. The molecule has 0 aliphatic heterocycles. The van der Waals surface area contributed by atoms with E-state index >= 15 is 0 Å². The molecule has 1 unspecified atom stereocenters. The van der Waals surface area contributed by atoms with Crippen LogP contribution < -0.4 is 5.73 Å². The second-order valence-corrected chi connectivity index (χ2v) is 5.03. The standard InChI is InChI=1S/C14H11BrF3N/c15-10-6-7-11(12(8-10)14(16,17)18)13(19)9-4-2-1-3-5-9/h1-8,13H,19H2. The molecule has 0 fully saturated rings. The van der Waals surface area contributed by atoms with Crippen molar-refractivity contribution in [2.24, 2.45) is 5.73 Å². The van der Waals surface area contributed by atoms with Crippen LogP contribution in [0.3, 0.4) is 0 Å². The average Bonchev–Trinajstić information content (AvgIpc) is 2.38. The van der Waals surface area contributed by atoms with Crippen LogP contribution in [-0.2, 0) is 6.18 Å². The van der Waals surface area contributed by atoms with Crippen molar-refractivity contribution < 1.29 is 13.2 Å². The van der Waals surface area contributed by atoms with Gasteiger partial charge in [-0.25, -0.2) is 0 Å². The first-order chi connectivity index (χ1) is 8.89. The van der Waals surface area contributed by atoms with E-state index in [0.717, 1.165) is 6.07 Å². The molecule has 1 atom stereocenters. The lowest BCUT2D eigenvalue weighted by Gasteiger charge is -2.19. The molecule has 2 aromatic carbocycles. The zero-order chi connectivity index (χ0) is 14.0. The zero-order valence-corrected chi connectivity index (χ0v) is 11.4. The minimum Gasteiger partial charge on any atom is -0.320 e. The molecule has 0 spiro atoms. The van der Waals surface area contributed by atoms with Crippen LogP contribution in [0.5, 0.6) is 0 Å². The van der Waals surface area contributed by atoms with Gasteiger partial charge in [-0.3, -0.25) is 0 Å². The van der Waals surface area contributed by atoms with Crippen molar-refractivity contribution in [2.75, 3.05) is 0 Å². The molecule has 0 amide bonds. The normalized spacial score (nSPS) is 13.3. The van der Waals surface area contributed by atoms with Crippen LogP contribution in [0.25, 0.3) is 0 Å². The third-order valence-electron chi connectivity index (χ3n) is 2.81. The van der Waals surface area contributed by atoms with Crippen LogP contribution >= 0.6 is 15.9 Å². The Morgan fingerprint density at radius 2 is 1.63 bits per heavy atom. The van der Waals surface area contributed by atoms with Gasteiger partial charge in [0.05, 0.1) is 11.6 Å². The second kappa shape index (κ2) is 5.35. The third kappa shape index (κ3) is 3.16. The van der Waals surface area contributed by atoms with E-state index in [1.54, 1.807) is 36.4 Å².